The van der Waals surface area contributed by atoms with Crippen molar-refractivity contribution in [1.82, 2.24) is 21.3 Å². The molecule has 0 aliphatic carbocycles. The highest BCUT2D eigenvalue weighted by molar-refractivity contribution is 5.00. The minimum absolute atomic E-state index is 0.204. The second-order valence-corrected chi connectivity index (χ2v) is 13.5. The van der Waals surface area contributed by atoms with Crippen LogP contribution in [-0.4, -0.2) is 73.8 Å². The third kappa shape index (κ3) is 12.6. The lowest BCUT2D eigenvalue weighted by molar-refractivity contribution is 0.0973. The molecule has 0 spiro atoms. The van der Waals surface area contributed by atoms with Gasteiger partial charge in [-0.3, -0.25) is 0 Å². The largest absolute Gasteiger partial charge is 0.381 e. The van der Waals surface area contributed by atoms with E-state index < -0.39 is 0 Å². The molecule has 0 aromatic rings. The maximum absolute atomic E-state index is 5.83. The Balaban J connectivity index is 1.36. The molecule has 4 N–H and O–H groups in total. The topological polar surface area (TPSA) is 66.6 Å². The SMILES string of the molecule is CC1(C)CC(NCCCOCCCCOCCCNC2CC(C)(C)NC(C)(C)C2)CC(C)(C)N1. The number of rotatable bonds is 15. The van der Waals surface area contributed by atoms with E-state index in [1.807, 2.05) is 0 Å². The maximum atomic E-state index is 5.83. The lowest BCUT2D eigenvalue weighted by Gasteiger charge is -2.46. The highest BCUT2D eigenvalue weighted by atomic mass is 16.5. The monoisotopic (exact) mass is 482 g/mol. The fourth-order valence-corrected chi connectivity index (χ4v) is 6.51. The summed E-state index contributed by atoms with van der Waals surface area (Å²) >= 11 is 0. The zero-order valence-electron chi connectivity index (χ0n) is 23.9. The molecule has 2 saturated heterocycles. The fraction of sp³-hybridized carbons (Fsp3) is 1.00. The molecule has 6 heteroatoms. The minimum atomic E-state index is 0.204. The van der Waals surface area contributed by atoms with E-state index in [-0.39, 0.29) is 22.2 Å². The molecular weight excluding hydrogens is 424 g/mol. The molecule has 2 rings (SSSR count). The first kappa shape index (κ1) is 30.0. The first-order valence-corrected chi connectivity index (χ1v) is 14.0. The van der Waals surface area contributed by atoms with Crippen molar-refractivity contribution < 1.29 is 9.47 Å². The van der Waals surface area contributed by atoms with Gasteiger partial charge in [0.25, 0.3) is 0 Å². The van der Waals surface area contributed by atoms with Crippen LogP contribution in [0.5, 0.6) is 0 Å². The summed E-state index contributed by atoms with van der Waals surface area (Å²) in [4.78, 5) is 0. The van der Waals surface area contributed by atoms with Gasteiger partial charge in [0.05, 0.1) is 0 Å². The van der Waals surface area contributed by atoms with Gasteiger partial charge in [0.1, 0.15) is 0 Å². The van der Waals surface area contributed by atoms with Gasteiger partial charge in [-0.1, -0.05) is 0 Å². The van der Waals surface area contributed by atoms with Crippen molar-refractivity contribution in [3.05, 3.63) is 0 Å². The van der Waals surface area contributed by atoms with Crippen molar-refractivity contribution in [3.63, 3.8) is 0 Å². The normalized spacial score (nSPS) is 24.4. The second-order valence-electron chi connectivity index (χ2n) is 13.5. The van der Waals surface area contributed by atoms with Gasteiger partial charge in [0.2, 0.25) is 0 Å². The summed E-state index contributed by atoms with van der Waals surface area (Å²) in [6, 6.07) is 1.19. The molecule has 0 amide bonds. The number of hydrogen-bond donors (Lipinski definition) is 4. The Morgan fingerprint density at radius 1 is 0.529 bits per heavy atom. The van der Waals surface area contributed by atoms with E-state index in [2.05, 4.69) is 76.7 Å². The van der Waals surface area contributed by atoms with Crippen molar-refractivity contribution in [1.29, 1.82) is 0 Å². The molecule has 0 aromatic carbocycles. The van der Waals surface area contributed by atoms with Crippen LogP contribution in [-0.2, 0) is 9.47 Å². The lowest BCUT2D eigenvalue weighted by atomic mass is 9.79. The van der Waals surface area contributed by atoms with Gasteiger partial charge in [0.15, 0.2) is 0 Å². The maximum Gasteiger partial charge on any atom is 0.0478 e. The van der Waals surface area contributed by atoms with Crippen LogP contribution in [0, 0.1) is 0 Å². The van der Waals surface area contributed by atoms with E-state index in [1.54, 1.807) is 0 Å². The molecule has 2 heterocycles. The molecule has 202 valence electrons. The Labute approximate surface area is 211 Å². The summed E-state index contributed by atoms with van der Waals surface area (Å²) in [5.74, 6) is 0. The number of unbranched alkanes of at least 4 members (excludes halogenated alkanes) is 1. The van der Waals surface area contributed by atoms with Crippen molar-refractivity contribution in [3.8, 4) is 0 Å². The second kappa shape index (κ2) is 13.3. The molecule has 0 bridgehead atoms. The quantitative estimate of drug-likeness (QED) is 0.260. The highest BCUT2D eigenvalue weighted by Gasteiger charge is 2.38. The molecule has 34 heavy (non-hydrogen) atoms. The van der Waals surface area contributed by atoms with Crippen molar-refractivity contribution >= 4 is 0 Å². The molecule has 0 aromatic heterocycles. The van der Waals surface area contributed by atoms with Gasteiger partial charge >= 0.3 is 0 Å². The van der Waals surface area contributed by atoms with Crippen LogP contribution in [0.2, 0.25) is 0 Å². The van der Waals surface area contributed by atoms with E-state index in [0.717, 1.165) is 65.2 Å². The summed E-state index contributed by atoms with van der Waals surface area (Å²) in [6.07, 6.45) is 9.07. The third-order valence-corrected chi connectivity index (χ3v) is 7.00. The summed E-state index contributed by atoms with van der Waals surface area (Å²) in [7, 11) is 0. The number of nitrogens with one attached hydrogen (secondary N) is 4. The lowest BCUT2D eigenvalue weighted by Crippen LogP contribution is -2.61. The smallest absolute Gasteiger partial charge is 0.0478 e. The molecular formula is C28H58N4O2. The van der Waals surface area contributed by atoms with Crippen LogP contribution >= 0.6 is 0 Å². The molecule has 6 nitrogen and oxygen atoms in total. The average molecular weight is 483 g/mol. The van der Waals surface area contributed by atoms with Gasteiger partial charge in [-0.15, -0.1) is 0 Å². The first-order valence-electron chi connectivity index (χ1n) is 14.0. The fourth-order valence-electron chi connectivity index (χ4n) is 6.51. The van der Waals surface area contributed by atoms with Crippen LogP contribution in [0.15, 0.2) is 0 Å². The average Bonchev–Trinajstić information content (AvgIpc) is 2.63. The summed E-state index contributed by atoms with van der Waals surface area (Å²) < 4.78 is 11.7. The van der Waals surface area contributed by atoms with E-state index in [1.165, 1.54) is 25.7 Å². The first-order chi connectivity index (χ1) is 15.8. The van der Waals surface area contributed by atoms with Crippen molar-refractivity contribution in [2.45, 2.75) is 141 Å². The molecule has 0 atom stereocenters. The number of piperidine rings is 2. The van der Waals surface area contributed by atoms with E-state index in [4.69, 9.17) is 9.47 Å². The predicted molar refractivity (Wildman–Crippen MR) is 145 cm³/mol. The highest BCUT2D eigenvalue weighted by Crippen LogP contribution is 2.29. The van der Waals surface area contributed by atoms with Crippen LogP contribution in [0.25, 0.3) is 0 Å². The van der Waals surface area contributed by atoms with E-state index in [0.29, 0.717) is 12.1 Å². The molecule has 0 radical (unpaired) electrons. The third-order valence-electron chi connectivity index (χ3n) is 7.00. The van der Waals surface area contributed by atoms with Gasteiger partial charge in [-0.05, 0) is 120 Å². The zero-order valence-corrected chi connectivity index (χ0v) is 23.9. The Kier molecular flexibility index (Phi) is 11.8. The number of ether oxygens (including phenoxy) is 2. The van der Waals surface area contributed by atoms with Crippen LogP contribution in [0.1, 0.15) is 107 Å². The molecule has 0 saturated carbocycles. The predicted octanol–water partition coefficient (Wildman–Crippen LogP) is 4.38. The molecule has 0 unspecified atom stereocenters. The van der Waals surface area contributed by atoms with Gasteiger partial charge in [0, 0.05) is 60.7 Å². The van der Waals surface area contributed by atoms with Crippen LogP contribution in [0.4, 0.5) is 0 Å². The van der Waals surface area contributed by atoms with Gasteiger partial charge < -0.3 is 30.7 Å². The standard InChI is InChI=1S/C28H58N4O2/c1-25(2)19-23(20-26(3,4)31-25)29-13-11-17-33-15-9-10-16-34-18-12-14-30-24-21-27(5,6)32-28(7,8)22-24/h23-24,29-32H,9-22H2,1-8H3. The van der Waals surface area contributed by atoms with E-state index in [9.17, 15) is 0 Å². The Morgan fingerprint density at radius 2 is 0.824 bits per heavy atom. The van der Waals surface area contributed by atoms with E-state index >= 15 is 0 Å². The molecule has 2 aliphatic rings. The Morgan fingerprint density at radius 3 is 1.15 bits per heavy atom. The summed E-state index contributed by atoms with van der Waals surface area (Å²) in [5.41, 5.74) is 0.817. The molecule has 2 aliphatic heterocycles. The van der Waals surface area contributed by atoms with Crippen LogP contribution in [0.3, 0.4) is 0 Å². The van der Waals surface area contributed by atoms with Gasteiger partial charge in [-0.2, -0.15) is 0 Å². The zero-order chi connectivity index (χ0) is 25.3. The Hall–Kier alpha value is -0.240. The summed E-state index contributed by atoms with van der Waals surface area (Å²) in [5, 5.41) is 15.0. The number of hydrogen-bond acceptors (Lipinski definition) is 6. The minimum Gasteiger partial charge on any atom is -0.381 e. The van der Waals surface area contributed by atoms with Crippen molar-refractivity contribution in [2.75, 3.05) is 39.5 Å². The summed E-state index contributed by atoms with van der Waals surface area (Å²) in [6.45, 7) is 23.9. The molecule has 2 fully saturated rings. The van der Waals surface area contributed by atoms with Crippen LogP contribution < -0.4 is 21.3 Å². The van der Waals surface area contributed by atoms with Crippen molar-refractivity contribution in [2.24, 2.45) is 0 Å². The Bertz CT molecular complexity index is 495. The van der Waals surface area contributed by atoms with Gasteiger partial charge in [-0.25, -0.2) is 0 Å².